The van der Waals surface area contributed by atoms with Gasteiger partial charge in [-0.05, 0) is 56.7 Å². The van der Waals surface area contributed by atoms with Crippen LogP contribution in [-0.4, -0.2) is 27.8 Å². The molecule has 10 heteroatoms. The summed E-state index contributed by atoms with van der Waals surface area (Å²) in [7, 11) is 0. The number of aliphatic imine (C=N–C) groups is 1. The van der Waals surface area contributed by atoms with E-state index in [1.165, 1.54) is 6.20 Å². The molecule has 1 aromatic heterocycles. The zero-order valence-electron chi connectivity index (χ0n) is 18.9. The zero-order valence-corrected chi connectivity index (χ0v) is 18.9. The normalized spacial score (nSPS) is 12.4. The van der Waals surface area contributed by atoms with Gasteiger partial charge >= 0.3 is 6.03 Å². The van der Waals surface area contributed by atoms with Crippen molar-refractivity contribution in [3.63, 3.8) is 0 Å². The van der Waals surface area contributed by atoms with Crippen molar-refractivity contribution >= 4 is 40.8 Å². The predicted octanol–water partition coefficient (Wildman–Crippen LogP) is 4.68. The lowest BCUT2D eigenvalue weighted by Crippen LogP contribution is -2.20. The van der Waals surface area contributed by atoms with E-state index in [2.05, 4.69) is 25.6 Å². The van der Waals surface area contributed by atoms with E-state index in [1.807, 2.05) is 20.8 Å². The van der Waals surface area contributed by atoms with E-state index < -0.39 is 17.7 Å². The van der Waals surface area contributed by atoms with E-state index in [1.54, 1.807) is 36.5 Å². The van der Waals surface area contributed by atoms with Crippen LogP contribution in [0.5, 0.6) is 0 Å². The molecule has 3 aromatic rings. The lowest BCUT2D eigenvalue weighted by atomic mass is 10.0. The number of nitrogens with two attached hydrogens (primary N) is 2. The molecule has 0 aliphatic carbocycles. The Morgan fingerprint density at radius 2 is 1.85 bits per heavy atom. The maximum Gasteiger partial charge on any atom is 0.323 e. The molecule has 0 bridgehead atoms. The van der Waals surface area contributed by atoms with Crippen LogP contribution >= 0.6 is 0 Å². The molecule has 6 N–H and O–H groups in total. The summed E-state index contributed by atoms with van der Waals surface area (Å²) in [5, 5.41) is 4.97. The average Bonchev–Trinajstić information content (AvgIpc) is 2.75. The van der Waals surface area contributed by atoms with Crippen molar-refractivity contribution in [2.75, 3.05) is 16.4 Å². The van der Waals surface area contributed by atoms with E-state index in [0.29, 0.717) is 34.3 Å². The van der Waals surface area contributed by atoms with Crippen molar-refractivity contribution in [2.45, 2.75) is 26.3 Å². The molecule has 0 saturated heterocycles. The number of rotatable bonds is 5. The van der Waals surface area contributed by atoms with E-state index in [4.69, 9.17) is 11.5 Å². The van der Waals surface area contributed by atoms with Crippen LogP contribution in [0, 0.1) is 11.6 Å². The molecular formula is C24H25F2N7O. The second kappa shape index (κ2) is 10.1. The summed E-state index contributed by atoms with van der Waals surface area (Å²) in [4.78, 5) is 25.0. The number of nitrogen functional groups attached to an aromatic ring is 1. The second-order valence-electron chi connectivity index (χ2n) is 8.34. The quantitative estimate of drug-likeness (QED) is 0.407. The molecular weight excluding hydrogens is 440 g/mol. The van der Waals surface area contributed by atoms with Gasteiger partial charge in [-0.2, -0.15) is 0 Å². The summed E-state index contributed by atoms with van der Waals surface area (Å²) in [5.74, 6) is -1.55. The summed E-state index contributed by atoms with van der Waals surface area (Å²) in [6.07, 6.45) is 3.14. The van der Waals surface area contributed by atoms with Gasteiger partial charge in [-0.15, -0.1) is 0 Å². The van der Waals surface area contributed by atoms with Gasteiger partial charge < -0.3 is 22.1 Å². The van der Waals surface area contributed by atoms with E-state index in [9.17, 15) is 13.6 Å². The molecule has 0 saturated carbocycles. The number of anilines is 3. The fourth-order valence-electron chi connectivity index (χ4n) is 2.86. The summed E-state index contributed by atoms with van der Waals surface area (Å²) < 4.78 is 26.9. The van der Waals surface area contributed by atoms with Gasteiger partial charge in [0.25, 0.3) is 0 Å². The fourth-order valence-corrected chi connectivity index (χ4v) is 2.86. The first-order valence-corrected chi connectivity index (χ1v) is 10.3. The number of aromatic nitrogens is 2. The Balaban J connectivity index is 1.93. The molecule has 0 aliphatic heterocycles. The number of allylic oxidation sites excluding steroid dienone is 1. The molecule has 0 radical (unpaired) electrons. The number of nitrogens with zero attached hydrogens (tertiary/aromatic N) is 3. The van der Waals surface area contributed by atoms with Gasteiger partial charge in [0.1, 0.15) is 11.6 Å². The van der Waals surface area contributed by atoms with Crippen LogP contribution in [0.15, 0.2) is 59.7 Å². The maximum atomic E-state index is 13.8. The second-order valence-corrected chi connectivity index (χ2v) is 8.34. The van der Waals surface area contributed by atoms with Gasteiger partial charge in [-0.3, -0.25) is 4.99 Å². The first-order chi connectivity index (χ1) is 16.0. The van der Waals surface area contributed by atoms with Crippen LogP contribution in [0.3, 0.4) is 0 Å². The topological polar surface area (TPSA) is 131 Å². The number of urea groups is 1. The van der Waals surface area contributed by atoms with Gasteiger partial charge in [0.15, 0.2) is 0 Å². The molecule has 176 valence electrons. The Bertz CT molecular complexity index is 1270. The Morgan fingerprint density at radius 1 is 1.09 bits per heavy atom. The summed E-state index contributed by atoms with van der Waals surface area (Å²) >= 11 is 0. The number of halogens is 2. The largest absolute Gasteiger partial charge is 0.396 e. The monoisotopic (exact) mass is 465 g/mol. The molecule has 0 aliphatic rings. The summed E-state index contributed by atoms with van der Waals surface area (Å²) in [5.41, 5.74) is 14.0. The Morgan fingerprint density at radius 3 is 2.53 bits per heavy atom. The third kappa shape index (κ3) is 6.58. The Labute approximate surface area is 195 Å². The van der Waals surface area contributed by atoms with Crippen LogP contribution < -0.4 is 22.1 Å². The number of hydrogen-bond acceptors (Lipinski definition) is 6. The number of hydrogen-bond donors (Lipinski definition) is 4. The number of carbonyl (C=O) groups is 1. The van der Waals surface area contributed by atoms with Gasteiger partial charge in [0, 0.05) is 29.7 Å². The molecule has 34 heavy (non-hydrogen) atoms. The molecule has 1 heterocycles. The van der Waals surface area contributed by atoms with Crippen LogP contribution in [-0.2, 0) is 0 Å². The highest BCUT2D eigenvalue weighted by Crippen LogP contribution is 2.24. The number of benzene rings is 2. The van der Waals surface area contributed by atoms with E-state index in [0.717, 1.165) is 12.1 Å². The van der Waals surface area contributed by atoms with Crippen molar-refractivity contribution in [1.29, 1.82) is 0 Å². The van der Waals surface area contributed by atoms with Gasteiger partial charge in [-0.25, -0.2) is 23.5 Å². The third-order valence-electron chi connectivity index (χ3n) is 4.43. The number of carbonyl (C=O) groups excluding carboxylic acids is 1. The van der Waals surface area contributed by atoms with Crippen molar-refractivity contribution in [1.82, 2.24) is 9.97 Å². The standard InChI is InChI=1S/C24H25F2N7O/c1-24(2,3)30-13-17(21(27)20-9-10-29-22(28)32-20)14-5-4-6-16(11-14)31-23(34)33-19-8-7-15(25)12-18(19)26/h4-13H,27H2,1-3H3,(H2,28,29,32)(H2,31,33,34). The third-order valence-corrected chi connectivity index (χ3v) is 4.43. The SMILES string of the molecule is CC(C)(C)N=CC(=C(N)c1ccnc(N)n1)c1cccc(NC(=O)Nc2ccc(F)cc2F)c1. The van der Waals surface area contributed by atoms with Crippen molar-refractivity contribution < 1.29 is 13.6 Å². The molecule has 0 unspecified atom stereocenters. The fraction of sp³-hybridized carbons (Fsp3) is 0.167. The van der Waals surface area contributed by atoms with E-state index >= 15 is 0 Å². The average molecular weight is 466 g/mol. The van der Waals surface area contributed by atoms with E-state index in [-0.39, 0.29) is 17.2 Å². The molecule has 0 spiro atoms. The smallest absolute Gasteiger partial charge is 0.323 e. The minimum Gasteiger partial charge on any atom is -0.396 e. The van der Waals surface area contributed by atoms with Gasteiger partial charge in [0.2, 0.25) is 5.95 Å². The highest BCUT2D eigenvalue weighted by Gasteiger charge is 2.14. The number of amides is 2. The lowest BCUT2D eigenvalue weighted by Gasteiger charge is -2.15. The van der Waals surface area contributed by atoms with Gasteiger partial charge in [-0.1, -0.05) is 12.1 Å². The van der Waals surface area contributed by atoms with Crippen LogP contribution in [0.2, 0.25) is 0 Å². The van der Waals surface area contributed by atoms with Crippen molar-refractivity contribution in [2.24, 2.45) is 10.7 Å². The highest BCUT2D eigenvalue weighted by atomic mass is 19.1. The first-order valence-electron chi connectivity index (χ1n) is 10.3. The minimum atomic E-state index is -0.885. The molecule has 3 rings (SSSR count). The van der Waals surface area contributed by atoms with Gasteiger partial charge in [0.05, 0.1) is 22.6 Å². The molecule has 2 aromatic carbocycles. The van der Waals surface area contributed by atoms with Crippen molar-refractivity contribution in [3.8, 4) is 0 Å². The summed E-state index contributed by atoms with van der Waals surface area (Å²) in [6, 6.07) is 10.7. The molecule has 8 nitrogen and oxygen atoms in total. The highest BCUT2D eigenvalue weighted by molar-refractivity contribution is 6.19. The lowest BCUT2D eigenvalue weighted by molar-refractivity contribution is 0.262. The summed E-state index contributed by atoms with van der Waals surface area (Å²) in [6.45, 7) is 5.82. The Kier molecular flexibility index (Phi) is 7.20. The molecule has 0 fully saturated rings. The van der Waals surface area contributed by atoms with Crippen LogP contribution in [0.1, 0.15) is 32.0 Å². The Hall–Kier alpha value is -4.34. The van der Waals surface area contributed by atoms with Crippen LogP contribution in [0.4, 0.5) is 30.9 Å². The maximum absolute atomic E-state index is 13.8. The van der Waals surface area contributed by atoms with Crippen molar-refractivity contribution in [3.05, 3.63) is 77.6 Å². The number of nitrogens with one attached hydrogen (secondary N) is 2. The first kappa shape index (κ1) is 24.3. The predicted molar refractivity (Wildman–Crippen MR) is 131 cm³/mol. The zero-order chi connectivity index (χ0) is 24.9. The molecule has 2 amide bonds. The molecule has 0 atom stereocenters. The minimum absolute atomic E-state index is 0.0766. The van der Waals surface area contributed by atoms with Crippen LogP contribution in [0.25, 0.3) is 11.3 Å².